The molecule has 0 aromatic carbocycles. The Morgan fingerprint density at radius 3 is 2.46 bits per heavy atom. The summed E-state index contributed by atoms with van der Waals surface area (Å²) in [5, 5.41) is 7.70. The number of aromatic nitrogens is 3. The summed E-state index contributed by atoms with van der Waals surface area (Å²) in [6, 6.07) is -0.00347. The molecule has 1 saturated heterocycles. The third-order valence-corrected chi connectivity index (χ3v) is 2.35. The van der Waals surface area contributed by atoms with E-state index in [0.29, 0.717) is 6.54 Å². The van der Waals surface area contributed by atoms with E-state index in [1.165, 1.54) is 4.57 Å². The summed E-state index contributed by atoms with van der Waals surface area (Å²) in [7, 11) is 0. The van der Waals surface area contributed by atoms with E-state index >= 15 is 0 Å². The Labute approximate surface area is 74.0 Å². The molecule has 3 N–H and O–H groups in total. The van der Waals surface area contributed by atoms with Gasteiger partial charge in [0.05, 0.1) is 6.04 Å². The average molecular weight is 184 g/mol. The number of H-pyrrole nitrogens is 2. The second kappa shape index (κ2) is 3.21. The zero-order valence-electron chi connectivity index (χ0n) is 7.17. The van der Waals surface area contributed by atoms with Crippen molar-refractivity contribution >= 4 is 0 Å². The number of rotatable bonds is 1. The summed E-state index contributed by atoms with van der Waals surface area (Å²) in [6.45, 7) is 1.66. The van der Waals surface area contributed by atoms with E-state index in [9.17, 15) is 9.59 Å². The van der Waals surface area contributed by atoms with E-state index in [2.05, 4.69) is 15.5 Å². The first-order valence-corrected chi connectivity index (χ1v) is 4.39. The van der Waals surface area contributed by atoms with Gasteiger partial charge >= 0.3 is 11.4 Å². The van der Waals surface area contributed by atoms with Crippen molar-refractivity contribution in [3.8, 4) is 0 Å². The zero-order valence-corrected chi connectivity index (χ0v) is 7.17. The van der Waals surface area contributed by atoms with Crippen LogP contribution in [0.1, 0.15) is 18.9 Å². The Morgan fingerprint density at radius 1 is 1.23 bits per heavy atom. The van der Waals surface area contributed by atoms with Crippen LogP contribution in [0.5, 0.6) is 0 Å². The number of nitrogens with one attached hydrogen (secondary N) is 3. The molecule has 1 aromatic heterocycles. The van der Waals surface area contributed by atoms with Gasteiger partial charge in [-0.05, 0) is 19.4 Å². The van der Waals surface area contributed by atoms with Crippen molar-refractivity contribution in [2.75, 3.05) is 13.1 Å². The smallest absolute Gasteiger partial charge is 0.315 e. The molecule has 1 atom stereocenters. The fourth-order valence-corrected chi connectivity index (χ4v) is 1.71. The van der Waals surface area contributed by atoms with Crippen LogP contribution in [0, 0.1) is 0 Å². The van der Waals surface area contributed by atoms with Crippen LogP contribution in [0.2, 0.25) is 0 Å². The van der Waals surface area contributed by atoms with Crippen molar-refractivity contribution in [2.45, 2.75) is 18.9 Å². The molecule has 1 aliphatic heterocycles. The highest BCUT2D eigenvalue weighted by atomic mass is 16.2. The largest absolute Gasteiger partial charge is 0.344 e. The van der Waals surface area contributed by atoms with Gasteiger partial charge in [-0.1, -0.05) is 0 Å². The second-order valence-corrected chi connectivity index (χ2v) is 3.23. The molecule has 72 valence electrons. The molecule has 0 spiro atoms. The van der Waals surface area contributed by atoms with Crippen molar-refractivity contribution in [1.82, 2.24) is 20.1 Å². The first kappa shape index (κ1) is 8.31. The minimum absolute atomic E-state index is 0.00347. The highest BCUT2D eigenvalue weighted by Gasteiger charge is 2.18. The minimum Gasteiger partial charge on any atom is -0.315 e. The van der Waals surface area contributed by atoms with Crippen LogP contribution in [-0.4, -0.2) is 27.9 Å². The summed E-state index contributed by atoms with van der Waals surface area (Å²) >= 11 is 0. The topological polar surface area (TPSA) is 82.7 Å². The number of hydrogen-bond donors (Lipinski definition) is 3. The molecule has 0 saturated carbocycles. The van der Waals surface area contributed by atoms with Gasteiger partial charge < -0.3 is 5.32 Å². The molecular weight excluding hydrogens is 172 g/mol. The molecular formula is C7H12N4O2. The fourth-order valence-electron chi connectivity index (χ4n) is 1.71. The van der Waals surface area contributed by atoms with E-state index in [0.717, 1.165) is 19.4 Å². The lowest BCUT2D eigenvalue weighted by atomic mass is 10.1. The van der Waals surface area contributed by atoms with Crippen LogP contribution in [0.25, 0.3) is 0 Å². The molecule has 2 heterocycles. The highest BCUT2D eigenvalue weighted by molar-refractivity contribution is 4.79. The van der Waals surface area contributed by atoms with Crippen LogP contribution in [0.3, 0.4) is 0 Å². The highest BCUT2D eigenvalue weighted by Crippen LogP contribution is 2.11. The molecule has 0 aliphatic carbocycles. The van der Waals surface area contributed by atoms with Crippen molar-refractivity contribution in [1.29, 1.82) is 0 Å². The van der Waals surface area contributed by atoms with Crippen LogP contribution in [0.15, 0.2) is 9.59 Å². The van der Waals surface area contributed by atoms with Gasteiger partial charge in [-0.3, -0.25) is 0 Å². The molecule has 1 aromatic rings. The normalized spacial score (nSPS) is 23.2. The SMILES string of the molecule is O=c1[nH][nH]c(=O)n1C1CCCNC1. The lowest BCUT2D eigenvalue weighted by Gasteiger charge is -2.21. The Bertz CT molecular complexity index is 354. The van der Waals surface area contributed by atoms with Crippen molar-refractivity contribution in [2.24, 2.45) is 0 Å². The number of piperidine rings is 1. The van der Waals surface area contributed by atoms with Gasteiger partial charge in [-0.25, -0.2) is 24.4 Å². The Kier molecular flexibility index (Phi) is 2.05. The van der Waals surface area contributed by atoms with Gasteiger partial charge in [0.25, 0.3) is 0 Å². The van der Waals surface area contributed by atoms with E-state index < -0.39 is 0 Å². The molecule has 1 aliphatic rings. The first-order valence-electron chi connectivity index (χ1n) is 4.39. The maximum Gasteiger partial charge on any atom is 0.344 e. The van der Waals surface area contributed by atoms with Crippen molar-refractivity contribution < 1.29 is 0 Å². The Balaban J connectivity index is 2.33. The molecule has 1 fully saturated rings. The standard InChI is InChI=1S/C7H12N4O2/c12-6-9-10-7(13)11(6)5-2-1-3-8-4-5/h5,8H,1-4H2,(H,9,12)(H,10,13). The number of hydrogen-bond acceptors (Lipinski definition) is 3. The van der Waals surface area contributed by atoms with Gasteiger partial charge in [0, 0.05) is 6.54 Å². The first-order chi connectivity index (χ1) is 6.29. The lowest BCUT2D eigenvalue weighted by Crippen LogP contribution is -2.40. The zero-order chi connectivity index (χ0) is 9.26. The van der Waals surface area contributed by atoms with E-state index in [1.54, 1.807) is 0 Å². The van der Waals surface area contributed by atoms with E-state index in [-0.39, 0.29) is 17.4 Å². The lowest BCUT2D eigenvalue weighted by molar-refractivity contribution is 0.358. The van der Waals surface area contributed by atoms with E-state index in [1.807, 2.05) is 0 Å². The van der Waals surface area contributed by atoms with Gasteiger partial charge in [-0.2, -0.15) is 0 Å². The molecule has 1 unspecified atom stereocenters. The van der Waals surface area contributed by atoms with Crippen LogP contribution in [-0.2, 0) is 0 Å². The molecule has 0 bridgehead atoms. The van der Waals surface area contributed by atoms with Crippen molar-refractivity contribution in [3.05, 3.63) is 21.0 Å². The van der Waals surface area contributed by atoms with Gasteiger partial charge in [0.15, 0.2) is 0 Å². The van der Waals surface area contributed by atoms with Gasteiger partial charge in [0.2, 0.25) is 0 Å². The quantitative estimate of drug-likeness (QED) is 0.512. The maximum absolute atomic E-state index is 11.2. The molecule has 6 heteroatoms. The summed E-state index contributed by atoms with van der Waals surface area (Å²) in [4.78, 5) is 22.4. The van der Waals surface area contributed by atoms with Gasteiger partial charge in [0.1, 0.15) is 0 Å². The van der Waals surface area contributed by atoms with Gasteiger partial charge in [-0.15, -0.1) is 0 Å². The number of nitrogens with zero attached hydrogens (tertiary/aromatic N) is 1. The van der Waals surface area contributed by atoms with Crippen LogP contribution in [0.4, 0.5) is 0 Å². The summed E-state index contributed by atoms with van der Waals surface area (Å²) < 4.78 is 1.24. The molecule has 0 amide bonds. The van der Waals surface area contributed by atoms with Crippen LogP contribution >= 0.6 is 0 Å². The third kappa shape index (κ3) is 1.44. The minimum atomic E-state index is -0.348. The predicted octanol–water partition coefficient (Wildman–Crippen LogP) is -1.21. The van der Waals surface area contributed by atoms with Crippen molar-refractivity contribution in [3.63, 3.8) is 0 Å². The number of aromatic amines is 2. The van der Waals surface area contributed by atoms with Crippen LogP contribution < -0.4 is 16.7 Å². The molecule has 2 rings (SSSR count). The fraction of sp³-hybridized carbons (Fsp3) is 0.714. The Hall–Kier alpha value is -1.30. The molecule has 6 nitrogen and oxygen atoms in total. The molecule has 13 heavy (non-hydrogen) atoms. The summed E-state index contributed by atoms with van der Waals surface area (Å²) in [6.07, 6.45) is 1.88. The summed E-state index contributed by atoms with van der Waals surface area (Å²) in [5.41, 5.74) is -0.697. The second-order valence-electron chi connectivity index (χ2n) is 3.23. The average Bonchev–Trinajstić information content (AvgIpc) is 2.48. The van der Waals surface area contributed by atoms with E-state index in [4.69, 9.17) is 0 Å². The molecule has 0 radical (unpaired) electrons. The maximum atomic E-state index is 11.2. The third-order valence-electron chi connectivity index (χ3n) is 2.35. The Morgan fingerprint density at radius 2 is 1.92 bits per heavy atom. The monoisotopic (exact) mass is 184 g/mol. The predicted molar refractivity (Wildman–Crippen MR) is 46.8 cm³/mol. The summed E-state index contributed by atoms with van der Waals surface area (Å²) in [5.74, 6) is 0.